The van der Waals surface area contributed by atoms with Crippen LogP contribution in [0.25, 0.3) is 0 Å². The molecule has 0 radical (unpaired) electrons. The zero-order valence-electron chi connectivity index (χ0n) is 13.4. The Morgan fingerprint density at radius 3 is 2.42 bits per heavy atom. The van der Waals surface area contributed by atoms with Gasteiger partial charge in [0.2, 0.25) is 0 Å². The monoisotopic (exact) mass is 345 g/mol. The average molecular weight is 345 g/mol. The first-order valence-corrected chi connectivity index (χ1v) is 8.89. The Morgan fingerprint density at radius 2 is 1.71 bits per heavy atom. The van der Waals surface area contributed by atoms with Crippen LogP contribution in [0, 0.1) is 0 Å². The molecule has 0 saturated carbocycles. The molecule has 1 amide bonds. The number of carbonyl (C=O) groups excluding carboxylic acids is 2. The van der Waals surface area contributed by atoms with Crippen molar-refractivity contribution < 1.29 is 18.5 Å². The Bertz CT molecular complexity index is 731. The van der Waals surface area contributed by atoms with E-state index < -0.39 is 16.8 Å². The van der Waals surface area contributed by atoms with E-state index in [-0.39, 0.29) is 18.1 Å². The van der Waals surface area contributed by atoms with E-state index in [4.69, 9.17) is 4.74 Å². The lowest BCUT2D eigenvalue weighted by molar-refractivity contribution is -0.124. The topological polar surface area (TPSA) is 72.5 Å². The van der Waals surface area contributed by atoms with Gasteiger partial charge in [0.05, 0.1) is 21.3 Å². The average Bonchev–Trinajstić information content (AvgIpc) is 2.64. The highest BCUT2D eigenvalue weighted by molar-refractivity contribution is 7.85. The molecule has 5 nitrogen and oxygen atoms in total. The highest BCUT2D eigenvalue weighted by Crippen LogP contribution is 2.15. The number of hydrogen-bond donors (Lipinski definition) is 1. The van der Waals surface area contributed by atoms with Crippen molar-refractivity contribution in [3.63, 3.8) is 0 Å². The quantitative estimate of drug-likeness (QED) is 0.782. The van der Waals surface area contributed by atoms with Crippen LogP contribution in [0.3, 0.4) is 0 Å². The maximum atomic E-state index is 12.1. The van der Waals surface area contributed by atoms with Crippen molar-refractivity contribution in [2.45, 2.75) is 18.4 Å². The van der Waals surface area contributed by atoms with Crippen molar-refractivity contribution in [2.24, 2.45) is 0 Å². The lowest BCUT2D eigenvalue weighted by Crippen LogP contribution is -2.28. The van der Waals surface area contributed by atoms with Crippen LogP contribution in [0.2, 0.25) is 0 Å². The van der Waals surface area contributed by atoms with Gasteiger partial charge in [-0.1, -0.05) is 49.4 Å². The van der Waals surface area contributed by atoms with Crippen LogP contribution in [0.5, 0.6) is 0 Å². The summed E-state index contributed by atoms with van der Waals surface area (Å²) in [4.78, 5) is 24.3. The fraction of sp³-hybridized carbons (Fsp3) is 0.222. The van der Waals surface area contributed by atoms with E-state index in [1.165, 1.54) is 0 Å². The van der Waals surface area contributed by atoms with Gasteiger partial charge in [0.25, 0.3) is 5.91 Å². The predicted octanol–water partition coefficient (Wildman–Crippen LogP) is 2.29. The van der Waals surface area contributed by atoms with E-state index in [9.17, 15) is 13.8 Å². The Labute approximate surface area is 143 Å². The van der Waals surface area contributed by atoms with Crippen LogP contribution in [-0.4, -0.2) is 28.4 Å². The highest BCUT2D eigenvalue weighted by atomic mass is 32.2. The molecule has 2 aromatic rings. The third-order valence-electron chi connectivity index (χ3n) is 3.28. The standard InChI is InChI=1S/C18H19NO4S/c1-2-24(22)16-11-7-6-10-15(16)18(21)23-13-17(20)19-12-14-8-4-3-5-9-14/h3-11H,2,12-13H2,1H3,(H,19,20)/t24-/m0/s1. The van der Waals surface area contributed by atoms with E-state index in [2.05, 4.69) is 5.32 Å². The number of rotatable bonds is 7. The molecule has 0 bridgehead atoms. The summed E-state index contributed by atoms with van der Waals surface area (Å²) in [5, 5.41) is 2.68. The maximum Gasteiger partial charge on any atom is 0.339 e. The lowest BCUT2D eigenvalue weighted by Gasteiger charge is -2.09. The van der Waals surface area contributed by atoms with E-state index in [0.717, 1.165) is 5.56 Å². The molecule has 1 N–H and O–H groups in total. The largest absolute Gasteiger partial charge is 0.452 e. The summed E-state index contributed by atoms with van der Waals surface area (Å²) < 4.78 is 17.0. The molecule has 0 aliphatic heterocycles. The number of carbonyl (C=O) groups is 2. The molecule has 0 aromatic heterocycles. The predicted molar refractivity (Wildman–Crippen MR) is 92.0 cm³/mol. The summed E-state index contributed by atoms with van der Waals surface area (Å²) in [6.07, 6.45) is 0. The summed E-state index contributed by atoms with van der Waals surface area (Å²) in [6, 6.07) is 16.0. The molecule has 0 saturated heterocycles. The maximum absolute atomic E-state index is 12.1. The number of hydrogen-bond acceptors (Lipinski definition) is 4. The molecular weight excluding hydrogens is 326 g/mol. The molecule has 0 heterocycles. The first-order valence-electron chi connectivity index (χ1n) is 7.57. The van der Waals surface area contributed by atoms with Crippen molar-refractivity contribution >= 4 is 22.7 Å². The van der Waals surface area contributed by atoms with Gasteiger partial charge in [0.1, 0.15) is 0 Å². The Kier molecular flexibility index (Phi) is 6.69. The minimum atomic E-state index is -1.27. The van der Waals surface area contributed by atoms with Crippen molar-refractivity contribution in [3.05, 3.63) is 65.7 Å². The van der Waals surface area contributed by atoms with Crippen LogP contribution in [0.15, 0.2) is 59.5 Å². The van der Waals surface area contributed by atoms with Gasteiger partial charge >= 0.3 is 5.97 Å². The van der Waals surface area contributed by atoms with Gasteiger partial charge in [-0.3, -0.25) is 9.00 Å². The van der Waals surface area contributed by atoms with Crippen LogP contribution in [0.4, 0.5) is 0 Å². The summed E-state index contributed by atoms with van der Waals surface area (Å²) in [5.74, 6) is -0.634. The zero-order valence-corrected chi connectivity index (χ0v) is 14.2. The Balaban J connectivity index is 1.89. The number of nitrogens with one attached hydrogen (secondary N) is 1. The Morgan fingerprint density at radius 1 is 1.04 bits per heavy atom. The minimum Gasteiger partial charge on any atom is -0.452 e. The number of esters is 1. The summed E-state index contributed by atoms with van der Waals surface area (Å²) in [5.41, 5.74) is 1.19. The SMILES string of the molecule is CC[S@](=O)c1ccccc1C(=O)OCC(=O)NCc1ccccc1. The van der Waals surface area contributed by atoms with Crippen LogP contribution >= 0.6 is 0 Å². The molecule has 0 spiro atoms. The van der Waals surface area contributed by atoms with Crippen molar-refractivity contribution in [2.75, 3.05) is 12.4 Å². The summed E-state index contributed by atoms with van der Waals surface area (Å²) in [6.45, 7) is 1.77. The van der Waals surface area contributed by atoms with Gasteiger partial charge in [-0.05, 0) is 17.7 Å². The second-order valence-electron chi connectivity index (χ2n) is 4.97. The molecule has 0 fully saturated rings. The number of amides is 1. The molecule has 126 valence electrons. The fourth-order valence-electron chi connectivity index (χ4n) is 2.05. The van der Waals surface area contributed by atoms with Gasteiger partial charge < -0.3 is 10.1 Å². The van der Waals surface area contributed by atoms with Crippen molar-refractivity contribution in [1.82, 2.24) is 5.32 Å². The first-order chi connectivity index (χ1) is 11.6. The Hall–Kier alpha value is -2.47. The van der Waals surface area contributed by atoms with E-state index in [1.54, 1.807) is 31.2 Å². The molecule has 0 aliphatic rings. The minimum absolute atomic E-state index is 0.230. The summed E-state index contributed by atoms with van der Waals surface area (Å²) in [7, 11) is -1.27. The normalized spacial score (nSPS) is 11.5. The van der Waals surface area contributed by atoms with E-state index in [1.807, 2.05) is 30.3 Å². The molecule has 1 atom stereocenters. The second kappa shape index (κ2) is 8.98. The highest BCUT2D eigenvalue weighted by Gasteiger charge is 2.17. The molecule has 2 aromatic carbocycles. The van der Waals surface area contributed by atoms with Crippen LogP contribution < -0.4 is 5.32 Å². The second-order valence-corrected chi connectivity index (χ2v) is 6.68. The van der Waals surface area contributed by atoms with Crippen LogP contribution in [-0.2, 0) is 26.9 Å². The van der Waals surface area contributed by atoms with Gasteiger partial charge in [-0.15, -0.1) is 0 Å². The molecular formula is C18H19NO4S. The summed E-state index contributed by atoms with van der Waals surface area (Å²) >= 11 is 0. The van der Waals surface area contributed by atoms with Crippen molar-refractivity contribution in [3.8, 4) is 0 Å². The number of ether oxygens (including phenoxy) is 1. The molecule has 0 aliphatic carbocycles. The fourth-order valence-corrected chi connectivity index (χ4v) is 2.98. The number of benzene rings is 2. The zero-order chi connectivity index (χ0) is 17.4. The van der Waals surface area contributed by atoms with E-state index in [0.29, 0.717) is 17.2 Å². The van der Waals surface area contributed by atoms with E-state index >= 15 is 0 Å². The van der Waals surface area contributed by atoms with Gasteiger partial charge in [0, 0.05) is 12.3 Å². The molecule has 0 unspecified atom stereocenters. The first kappa shape index (κ1) is 17.9. The molecule has 2 rings (SSSR count). The molecule has 6 heteroatoms. The lowest BCUT2D eigenvalue weighted by atomic mass is 10.2. The smallest absolute Gasteiger partial charge is 0.339 e. The third-order valence-corrected chi connectivity index (χ3v) is 4.65. The van der Waals surface area contributed by atoms with Gasteiger partial charge in [-0.2, -0.15) is 0 Å². The van der Waals surface area contributed by atoms with Gasteiger partial charge in [0.15, 0.2) is 6.61 Å². The van der Waals surface area contributed by atoms with Crippen LogP contribution in [0.1, 0.15) is 22.8 Å². The van der Waals surface area contributed by atoms with Crippen molar-refractivity contribution in [1.29, 1.82) is 0 Å². The van der Waals surface area contributed by atoms with Gasteiger partial charge in [-0.25, -0.2) is 4.79 Å². The third kappa shape index (κ3) is 5.03. The molecule has 24 heavy (non-hydrogen) atoms.